The molecule has 0 spiro atoms. The first-order valence-electron chi connectivity index (χ1n) is 9.45. The Labute approximate surface area is 172 Å². The molecule has 5 nitrogen and oxygen atoms in total. The molecule has 6 heteroatoms. The predicted molar refractivity (Wildman–Crippen MR) is 114 cm³/mol. The topological polar surface area (TPSA) is 54.5 Å². The highest BCUT2D eigenvalue weighted by molar-refractivity contribution is 9.10. The molecule has 0 saturated carbocycles. The van der Waals surface area contributed by atoms with Gasteiger partial charge in [-0.15, -0.1) is 0 Å². The average Bonchev–Trinajstić information content (AvgIpc) is 2.74. The number of rotatable bonds is 5. The van der Waals surface area contributed by atoms with Crippen LogP contribution in [0.1, 0.15) is 10.4 Å². The van der Waals surface area contributed by atoms with Crippen molar-refractivity contribution in [1.82, 2.24) is 15.2 Å². The molecule has 1 fully saturated rings. The van der Waals surface area contributed by atoms with Gasteiger partial charge < -0.3 is 10.1 Å². The Morgan fingerprint density at radius 1 is 1.11 bits per heavy atom. The maximum atomic E-state index is 12.9. The van der Waals surface area contributed by atoms with Crippen molar-refractivity contribution >= 4 is 32.7 Å². The van der Waals surface area contributed by atoms with Crippen molar-refractivity contribution in [1.29, 1.82) is 0 Å². The third kappa shape index (κ3) is 4.41. The molecule has 0 unspecified atom stereocenters. The number of halogens is 1. The van der Waals surface area contributed by atoms with Gasteiger partial charge in [-0.25, -0.2) is 4.98 Å². The normalized spacial score (nSPS) is 14.9. The molecular formula is C22H22BrN3O2. The van der Waals surface area contributed by atoms with Gasteiger partial charge in [0.15, 0.2) is 0 Å². The molecule has 0 aliphatic carbocycles. The molecule has 1 N–H and O–H groups in total. The summed E-state index contributed by atoms with van der Waals surface area (Å²) in [5, 5.41) is 3.94. The summed E-state index contributed by atoms with van der Waals surface area (Å²) in [7, 11) is 0. The van der Waals surface area contributed by atoms with Crippen LogP contribution in [0.4, 0.5) is 0 Å². The fourth-order valence-electron chi connectivity index (χ4n) is 3.38. The number of para-hydroxylation sites is 1. The fraction of sp³-hybridized carbons (Fsp3) is 0.273. The van der Waals surface area contributed by atoms with E-state index >= 15 is 0 Å². The summed E-state index contributed by atoms with van der Waals surface area (Å²) < 4.78 is 6.38. The van der Waals surface area contributed by atoms with E-state index in [1.807, 2.05) is 54.6 Å². The van der Waals surface area contributed by atoms with Gasteiger partial charge in [0.1, 0.15) is 0 Å². The van der Waals surface area contributed by atoms with Crippen molar-refractivity contribution < 1.29 is 9.53 Å². The lowest BCUT2D eigenvalue weighted by molar-refractivity contribution is 0.0383. The number of morpholine rings is 1. The van der Waals surface area contributed by atoms with Crippen LogP contribution in [-0.4, -0.2) is 55.2 Å². The fourth-order valence-corrected chi connectivity index (χ4v) is 3.64. The van der Waals surface area contributed by atoms with Crippen LogP contribution in [0.2, 0.25) is 0 Å². The first-order valence-corrected chi connectivity index (χ1v) is 10.2. The van der Waals surface area contributed by atoms with Crippen molar-refractivity contribution in [2.45, 2.75) is 0 Å². The molecule has 144 valence electrons. The summed E-state index contributed by atoms with van der Waals surface area (Å²) in [6, 6.07) is 17.6. The van der Waals surface area contributed by atoms with E-state index in [2.05, 4.69) is 26.1 Å². The zero-order valence-electron chi connectivity index (χ0n) is 15.5. The molecule has 0 bridgehead atoms. The van der Waals surface area contributed by atoms with E-state index in [4.69, 9.17) is 9.72 Å². The smallest absolute Gasteiger partial charge is 0.252 e. The van der Waals surface area contributed by atoms with Crippen LogP contribution in [0.3, 0.4) is 0 Å². The maximum absolute atomic E-state index is 12.9. The Bertz CT molecular complexity index is 969. The van der Waals surface area contributed by atoms with Gasteiger partial charge >= 0.3 is 0 Å². The van der Waals surface area contributed by atoms with Gasteiger partial charge in [0.2, 0.25) is 0 Å². The van der Waals surface area contributed by atoms with E-state index < -0.39 is 0 Å². The zero-order chi connectivity index (χ0) is 19.3. The predicted octanol–water partition coefficient (Wildman–Crippen LogP) is 3.73. The summed E-state index contributed by atoms with van der Waals surface area (Å²) in [6.07, 6.45) is 0. The maximum Gasteiger partial charge on any atom is 0.252 e. The second kappa shape index (κ2) is 8.82. The number of benzene rings is 2. The molecule has 0 atom stereocenters. The van der Waals surface area contributed by atoms with Gasteiger partial charge in [-0.2, -0.15) is 0 Å². The summed E-state index contributed by atoms with van der Waals surface area (Å²) in [4.78, 5) is 20.0. The number of amides is 1. The molecule has 1 aromatic heterocycles. The number of hydrogen-bond acceptors (Lipinski definition) is 4. The molecule has 2 heterocycles. The summed E-state index contributed by atoms with van der Waals surface area (Å²) in [5.41, 5.74) is 3.26. The lowest BCUT2D eigenvalue weighted by Gasteiger charge is -2.26. The number of fused-ring (bicyclic) bond motifs is 1. The van der Waals surface area contributed by atoms with Gasteiger partial charge in [-0.1, -0.05) is 46.3 Å². The van der Waals surface area contributed by atoms with Crippen molar-refractivity contribution in [2.75, 3.05) is 39.4 Å². The van der Waals surface area contributed by atoms with Crippen molar-refractivity contribution in [3.05, 3.63) is 64.6 Å². The molecule has 0 radical (unpaired) electrons. The molecular weight excluding hydrogens is 418 g/mol. The monoisotopic (exact) mass is 439 g/mol. The van der Waals surface area contributed by atoms with E-state index in [0.29, 0.717) is 12.1 Å². The number of nitrogens with zero attached hydrogens (tertiary/aromatic N) is 2. The molecule has 2 aromatic carbocycles. The highest BCUT2D eigenvalue weighted by Gasteiger charge is 2.15. The number of carbonyl (C=O) groups excluding carboxylic acids is 1. The number of aromatic nitrogens is 1. The lowest BCUT2D eigenvalue weighted by Crippen LogP contribution is -2.41. The number of hydrogen-bond donors (Lipinski definition) is 1. The number of ether oxygens (including phenoxy) is 1. The van der Waals surface area contributed by atoms with Crippen LogP contribution >= 0.6 is 15.9 Å². The number of pyridine rings is 1. The summed E-state index contributed by atoms with van der Waals surface area (Å²) in [5.74, 6) is -0.0646. The third-order valence-corrected chi connectivity index (χ3v) is 5.45. The van der Waals surface area contributed by atoms with E-state index in [1.165, 1.54) is 0 Å². The van der Waals surface area contributed by atoms with E-state index in [-0.39, 0.29) is 5.91 Å². The highest BCUT2D eigenvalue weighted by atomic mass is 79.9. The highest BCUT2D eigenvalue weighted by Crippen LogP contribution is 2.26. The van der Waals surface area contributed by atoms with E-state index in [9.17, 15) is 4.79 Å². The van der Waals surface area contributed by atoms with Crippen LogP contribution in [0.15, 0.2) is 59.1 Å². The molecule has 1 aliphatic heterocycles. The van der Waals surface area contributed by atoms with Crippen LogP contribution < -0.4 is 5.32 Å². The van der Waals surface area contributed by atoms with Gasteiger partial charge in [-0.3, -0.25) is 9.69 Å². The van der Waals surface area contributed by atoms with Crippen molar-refractivity contribution in [2.24, 2.45) is 0 Å². The molecule has 4 rings (SSSR count). The second-order valence-electron chi connectivity index (χ2n) is 6.79. The number of nitrogens with one attached hydrogen (secondary N) is 1. The molecule has 1 saturated heterocycles. The van der Waals surface area contributed by atoms with Crippen LogP contribution in [-0.2, 0) is 4.74 Å². The average molecular weight is 440 g/mol. The summed E-state index contributed by atoms with van der Waals surface area (Å²) >= 11 is 3.46. The minimum absolute atomic E-state index is 0.0646. The minimum Gasteiger partial charge on any atom is -0.379 e. The number of carbonyl (C=O) groups is 1. The second-order valence-corrected chi connectivity index (χ2v) is 7.70. The quantitative estimate of drug-likeness (QED) is 0.657. The molecule has 3 aromatic rings. The Hall–Kier alpha value is -2.28. The molecule has 1 amide bonds. The Morgan fingerprint density at radius 2 is 1.86 bits per heavy atom. The Kier molecular flexibility index (Phi) is 6.00. The summed E-state index contributed by atoms with van der Waals surface area (Å²) in [6.45, 7) is 4.81. The van der Waals surface area contributed by atoms with Crippen LogP contribution in [0.25, 0.3) is 22.2 Å². The van der Waals surface area contributed by atoms with Gasteiger partial charge in [0, 0.05) is 41.6 Å². The molecule has 1 aliphatic rings. The standard InChI is InChI=1S/C22H22BrN3O2/c23-17-7-5-16(6-8-17)21-15-19(18-3-1-2-4-20(18)25-21)22(27)24-9-10-26-11-13-28-14-12-26/h1-8,15H,9-14H2,(H,24,27). The first-order chi connectivity index (χ1) is 13.7. The van der Waals surface area contributed by atoms with Gasteiger partial charge in [0.25, 0.3) is 5.91 Å². The SMILES string of the molecule is O=C(NCCN1CCOCC1)c1cc(-c2ccc(Br)cc2)nc2ccccc12. The lowest BCUT2D eigenvalue weighted by atomic mass is 10.0. The van der Waals surface area contributed by atoms with Crippen molar-refractivity contribution in [3.63, 3.8) is 0 Å². The van der Waals surface area contributed by atoms with Crippen LogP contribution in [0.5, 0.6) is 0 Å². The van der Waals surface area contributed by atoms with Crippen LogP contribution in [0, 0.1) is 0 Å². The van der Waals surface area contributed by atoms with Gasteiger partial charge in [0.05, 0.1) is 30.0 Å². The Balaban J connectivity index is 1.57. The largest absolute Gasteiger partial charge is 0.379 e. The minimum atomic E-state index is -0.0646. The van der Waals surface area contributed by atoms with Crippen molar-refractivity contribution in [3.8, 4) is 11.3 Å². The Morgan fingerprint density at radius 3 is 2.64 bits per heavy atom. The zero-order valence-corrected chi connectivity index (χ0v) is 17.1. The molecule has 28 heavy (non-hydrogen) atoms. The third-order valence-electron chi connectivity index (χ3n) is 4.92. The van der Waals surface area contributed by atoms with E-state index in [0.717, 1.165) is 59.5 Å². The van der Waals surface area contributed by atoms with E-state index in [1.54, 1.807) is 0 Å². The first kappa shape index (κ1) is 19.1. The van der Waals surface area contributed by atoms with Gasteiger partial charge in [-0.05, 0) is 24.3 Å².